The molecular weight excluding hydrogens is 274 g/mol. The van der Waals surface area contributed by atoms with Gasteiger partial charge in [0.25, 0.3) is 0 Å². The lowest BCUT2D eigenvalue weighted by atomic mass is 10.2. The van der Waals surface area contributed by atoms with Gasteiger partial charge >= 0.3 is 0 Å². The lowest BCUT2D eigenvalue weighted by molar-refractivity contribution is 0.624. The molecule has 2 aromatic rings. The molecule has 0 saturated heterocycles. The van der Waals surface area contributed by atoms with Crippen molar-refractivity contribution in [3.05, 3.63) is 42.4 Å². The van der Waals surface area contributed by atoms with Crippen LogP contribution >= 0.6 is 0 Å². The first-order valence-corrected chi connectivity index (χ1v) is 7.87. The Labute approximate surface area is 132 Å². The van der Waals surface area contributed by atoms with E-state index >= 15 is 0 Å². The molecule has 0 aliphatic carbocycles. The SMILES string of the molecule is CCNC(=NCc1ncc(-c2ccccc2)[nH]1)NC(C)CC. The standard InChI is InChI=1S/C17H25N5/c1-4-13(3)21-17(18-5-2)20-12-16-19-11-15(22-16)14-9-7-6-8-10-14/h6-11,13H,4-5,12H2,1-3H3,(H,19,22)(H2,18,20,21). The molecule has 0 aliphatic rings. The monoisotopic (exact) mass is 299 g/mol. The first-order valence-electron chi connectivity index (χ1n) is 7.87. The van der Waals surface area contributed by atoms with E-state index in [4.69, 9.17) is 0 Å². The van der Waals surface area contributed by atoms with Gasteiger partial charge in [-0.3, -0.25) is 0 Å². The van der Waals surface area contributed by atoms with E-state index in [2.05, 4.69) is 58.5 Å². The smallest absolute Gasteiger partial charge is 0.191 e. The molecule has 3 N–H and O–H groups in total. The summed E-state index contributed by atoms with van der Waals surface area (Å²) in [6, 6.07) is 10.6. The maximum Gasteiger partial charge on any atom is 0.191 e. The van der Waals surface area contributed by atoms with E-state index in [9.17, 15) is 0 Å². The number of guanidine groups is 1. The van der Waals surface area contributed by atoms with Crippen molar-refractivity contribution >= 4 is 5.96 Å². The molecule has 0 amide bonds. The van der Waals surface area contributed by atoms with Gasteiger partial charge in [-0.25, -0.2) is 9.98 Å². The number of imidazole rings is 1. The van der Waals surface area contributed by atoms with Gasteiger partial charge in [0.2, 0.25) is 0 Å². The highest BCUT2D eigenvalue weighted by Crippen LogP contribution is 2.16. The van der Waals surface area contributed by atoms with Crippen LogP contribution < -0.4 is 10.6 Å². The van der Waals surface area contributed by atoms with Crippen LogP contribution in [-0.4, -0.2) is 28.5 Å². The second-order valence-corrected chi connectivity index (χ2v) is 5.26. The maximum atomic E-state index is 4.58. The molecule has 0 bridgehead atoms. The predicted octanol–water partition coefficient (Wildman–Crippen LogP) is 2.93. The molecule has 22 heavy (non-hydrogen) atoms. The van der Waals surface area contributed by atoms with E-state index in [0.29, 0.717) is 12.6 Å². The summed E-state index contributed by atoms with van der Waals surface area (Å²) in [5.41, 5.74) is 2.15. The Kier molecular flexibility index (Phi) is 6.01. The third-order valence-electron chi connectivity index (χ3n) is 3.44. The summed E-state index contributed by atoms with van der Waals surface area (Å²) >= 11 is 0. The molecule has 118 valence electrons. The van der Waals surface area contributed by atoms with Crippen molar-refractivity contribution in [3.63, 3.8) is 0 Å². The maximum absolute atomic E-state index is 4.58. The fourth-order valence-electron chi connectivity index (χ4n) is 2.02. The minimum Gasteiger partial charge on any atom is -0.357 e. The van der Waals surface area contributed by atoms with Crippen molar-refractivity contribution in [2.75, 3.05) is 6.54 Å². The molecule has 5 nitrogen and oxygen atoms in total. The first-order chi connectivity index (χ1) is 10.7. The molecule has 5 heteroatoms. The quantitative estimate of drug-likeness (QED) is 0.567. The Hall–Kier alpha value is -2.30. The third-order valence-corrected chi connectivity index (χ3v) is 3.44. The molecular formula is C17H25N5. The second kappa shape index (κ2) is 8.22. The van der Waals surface area contributed by atoms with Crippen molar-refractivity contribution in [1.82, 2.24) is 20.6 Å². The molecule has 0 radical (unpaired) electrons. The lowest BCUT2D eigenvalue weighted by Gasteiger charge is -2.15. The molecule has 1 atom stereocenters. The zero-order valence-corrected chi connectivity index (χ0v) is 13.6. The Morgan fingerprint density at radius 1 is 1.27 bits per heavy atom. The predicted molar refractivity (Wildman–Crippen MR) is 91.7 cm³/mol. The summed E-state index contributed by atoms with van der Waals surface area (Å²) in [5, 5.41) is 6.63. The Bertz CT molecular complexity index is 588. The van der Waals surface area contributed by atoms with Crippen LogP contribution in [0.1, 0.15) is 33.0 Å². The fraction of sp³-hybridized carbons (Fsp3) is 0.412. The van der Waals surface area contributed by atoms with E-state index in [1.165, 1.54) is 0 Å². The molecule has 0 saturated carbocycles. The molecule has 0 spiro atoms. The van der Waals surface area contributed by atoms with Gasteiger partial charge in [-0.2, -0.15) is 0 Å². The second-order valence-electron chi connectivity index (χ2n) is 5.26. The number of nitrogens with zero attached hydrogens (tertiary/aromatic N) is 2. The Morgan fingerprint density at radius 2 is 2.05 bits per heavy atom. The van der Waals surface area contributed by atoms with Gasteiger partial charge in [-0.05, 0) is 25.8 Å². The zero-order valence-electron chi connectivity index (χ0n) is 13.6. The van der Waals surface area contributed by atoms with Gasteiger partial charge in [0.15, 0.2) is 5.96 Å². The fourth-order valence-corrected chi connectivity index (χ4v) is 2.02. The number of nitrogens with one attached hydrogen (secondary N) is 3. The summed E-state index contributed by atoms with van der Waals surface area (Å²) < 4.78 is 0. The first kappa shape index (κ1) is 16.1. The van der Waals surface area contributed by atoms with Crippen LogP contribution in [0.4, 0.5) is 0 Å². The van der Waals surface area contributed by atoms with Crippen molar-refractivity contribution < 1.29 is 0 Å². The number of rotatable bonds is 6. The summed E-state index contributed by atoms with van der Waals surface area (Å²) in [4.78, 5) is 12.3. The number of H-pyrrole nitrogens is 1. The molecule has 1 unspecified atom stereocenters. The average molecular weight is 299 g/mol. The van der Waals surface area contributed by atoms with Gasteiger partial charge in [-0.1, -0.05) is 37.3 Å². The zero-order chi connectivity index (χ0) is 15.8. The molecule has 2 rings (SSSR count). The lowest BCUT2D eigenvalue weighted by Crippen LogP contribution is -2.41. The summed E-state index contributed by atoms with van der Waals surface area (Å²) in [6.45, 7) is 7.73. The normalized spacial score (nSPS) is 13.0. The van der Waals surface area contributed by atoms with Crippen LogP contribution in [0.2, 0.25) is 0 Å². The Balaban J connectivity index is 2.03. The van der Waals surface area contributed by atoms with Gasteiger partial charge < -0.3 is 15.6 Å². The van der Waals surface area contributed by atoms with Crippen LogP contribution in [0.3, 0.4) is 0 Å². The van der Waals surface area contributed by atoms with Gasteiger partial charge in [0.1, 0.15) is 12.4 Å². The topological polar surface area (TPSA) is 65.1 Å². The molecule has 1 aromatic heterocycles. The van der Waals surface area contributed by atoms with Crippen LogP contribution in [-0.2, 0) is 6.54 Å². The van der Waals surface area contributed by atoms with E-state index in [-0.39, 0.29) is 0 Å². The van der Waals surface area contributed by atoms with Crippen LogP contribution in [0.15, 0.2) is 41.5 Å². The summed E-state index contributed by atoms with van der Waals surface area (Å²) in [7, 11) is 0. The number of aliphatic imine (C=N–C) groups is 1. The minimum absolute atomic E-state index is 0.397. The van der Waals surface area contributed by atoms with Gasteiger partial charge in [0, 0.05) is 12.6 Å². The summed E-state index contributed by atoms with van der Waals surface area (Å²) in [5.74, 6) is 1.69. The van der Waals surface area contributed by atoms with Gasteiger partial charge in [0.05, 0.1) is 11.9 Å². The molecule has 0 aliphatic heterocycles. The van der Waals surface area contributed by atoms with Crippen molar-refractivity contribution in [1.29, 1.82) is 0 Å². The number of hydrogen-bond donors (Lipinski definition) is 3. The van der Waals surface area contributed by atoms with E-state index in [0.717, 1.165) is 36.0 Å². The highest BCUT2D eigenvalue weighted by Gasteiger charge is 2.05. The average Bonchev–Trinajstić information content (AvgIpc) is 3.02. The minimum atomic E-state index is 0.397. The number of benzene rings is 1. The van der Waals surface area contributed by atoms with Crippen LogP contribution in [0.25, 0.3) is 11.3 Å². The van der Waals surface area contributed by atoms with Crippen LogP contribution in [0, 0.1) is 0 Å². The molecule has 1 heterocycles. The molecule has 1 aromatic carbocycles. The van der Waals surface area contributed by atoms with E-state index in [1.807, 2.05) is 24.4 Å². The number of aromatic amines is 1. The van der Waals surface area contributed by atoms with Crippen molar-refractivity contribution in [2.24, 2.45) is 4.99 Å². The Morgan fingerprint density at radius 3 is 2.73 bits per heavy atom. The number of hydrogen-bond acceptors (Lipinski definition) is 2. The highest BCUT2D eigenvalue weighted by atomic mass is 15.2. The highest BCUT2D eigenvalue weighted by molar-refractivity contribution is 5.80. The largest absolute Gasteiger partial charge is 0.357 e. The van der Waals surface area contributed by atoms with Crippen molar-refractivity contribution in [3.8, 4) is 11.3 Å². The number of aromatic nitrogens is 2. The summed E-state index contributed by atoms with van der Waals surface area (Å²) in [6.07, 6.45) is 2.92. The van der Waals surface area contributed by atoms with E-state index < -0.39 is 0 Å². The van der Waals surface area contributed by atoms with Crippen molar-refractivity contribution in [2.45, 2.75) is 39.8 Å². The van der Waals surface area contributed by atoms with Crippen LogP contribution in [0.5, 0.6) is 0 Å². The molecule has 0 fully saturated rings. The third kappa shape index (κ3) is 4.62. The van der Waals surface area contributed by atoms with E-state index in [1.54, 1.807) is 0 Å². The van der Waals surface area contributed by atoms with Gasteiger partial charge in [-0.15, -0.1) is 0 Å².